The average Bonchev–Trinajstić information content (AvgIpc) is 2.98. The molecule has 0 spiro atoms. The summed E-state index contributed by atoms with van der Waals surface area (Å²) in [5, 5.41) is 0. The molecule has 3 rings (SSSR count). The second-order valence-electron chi connectivity index (χ2n) is 6.15. The van der Waals surface area contributed by atoms with Crippen LogP contribution < -0.4 is 9.46 Å². The summed E-state index contributed by atoms with van der Waals surface area (Å²) in [4.78, 5) is 11.9. The molecule has 2 aromatic carbocycles. The molecule has 0 aromatic heterocycles. The van der Waals surface area contributed by atoms with Crippen molar-refractivity contribution >= 4 is 16.0 Å². The minimum absolute atomic E-state index is 0.255. The molecule has 1 N–H and O–H groups in total. The lowest BCUT2D eigenvalue weighted by Crippen LogP contribution is -2.35. The van der Waals surface area contributed by atoms with Crippen molar-refractivity contribution in [3.63, 3.8) is 0 Å². The average molecular weight is 415 g/mol. The van der Waals surface area contributed by atoms with E-state index >= 15 is 0 Å². The van der Waals surface area contributed by atoms with Crippen molar-refractivity contribution in [2.75, 3.05) is 7.11 Å². The van der Waals surface area contributed by atoms with Gasteiger partial charge >= 0.3 is 12.3 Å². The highest BCUT2D eigenvalue weighted by molar-refractivity contribution is 7.89. The standard InChI is InChI=1S/C18H16F3NO5S/c1-26-17(23)15-10-11-4-2-3-5-14(11)16(15)22-28(24,25)13-8-6-12(7-9-13)27-18(19,20)21/h2-9,15-16,22H,10H2,1H3. The first-order valence-electron chi connectivity index (χ1n) is 8.14. The van der Waals surface area contributed by atoms with Gasteiger partial charge in [0.15, 0.2) is 0 Å². The lowest BCUT2D eigenvalue weighted by atomic mass is 10.0. The van der Waals surface area contributed by atoms with Gasteiger partial charge in [-0.2, -0.15) is 0 Å². The molecular weight excluding hydrogens is 399 g/mol. The number of benzene rings is 2. The third-order valence-electron chi connectivity index (χ3n) is 4.39. The quantitative estimate of drug-likeness (QED) is 0.760. The van der Waals surface area contributed by atoms with E-state index in [1.165, 1.54) is 7.11 Å². The van der Waals surface area contributed by atoms with E-state index in [-0.39, 0.29) is 4.90 Å². The van der Waals surface area contributed by atoms with Crippen molar-refractivity contribution in [3.05, 3.63) is 59.7 Å². The van der Waals surface area contributed by atoms with Crippen LogP contribution in [0.15, 0.2) is 53.4 Å². The van der Waals surface area contributed by atoms with Crippen molar-refractivity contribution < 1.29 is 35.9 Å². The second-order valence-corrected chi connectivity index (χ2v) is 7.86. The van der Waals surface area contributed by atoms with Gasteiger partial charge in [-0.15, -0.1) is 13.2 Å². The van der Waals surface area contributed by atoms with Crippen molar-refractivity contribution in [2.45, 2.75) is 23.7 Å². The van der Waals surface area contributed by atoms with Gasteiger partial charge in [-0.1, -0.05) is 24.3 Å². The highest BCUT2D eigenvalue weighted by Crippen LogP contribution is 2.38. The van der Waals surface area contributed by atoms with E-state index in [4.69, 9.17) is 4.74 Å². The van der Waals surface area contributed by atoms with Crippen molar-refractivity contribution in [1.29, 1.82) is 0 Å². The number of carbonyl (C=O) groups is 1. The Kier molecular flexibility index (Phi) is 5.35. The second kappa shape index (κ2) is 7.44. The summed E-state index contributed by atoms with van der Waals surface area (Å²) in [6.45, 7) is 0. The smallest absolute Gasteiger partial charge is 0.469 e. The Morgan fingerprint density at radius 1 is 1.11 bits per heavy atom. The molecule has 10 heteroatoms. The Morgan fingerprint density at radius 3 is 2.36 bits per heavy atom. The number of hydrogen-bond acceptors (Lipinski definition) is 5. The van der Waals surface area contributed by atoms with Gasteiger partial charge in [0.25, 0.3) is 0 Å². The normalized spacial score (nSPS) is 19.1. The van der Waals surface area contributed by atoms with Crippen molar-refractivity contribution in [1.82, 2.24) is 4.72 Å². The molecule has 0 fully saturated rings. The first-order chi connectivity index (χ1) is 13.1. The molecule has 0 saturated heterocycles. The van der Waals surface area contributed by atoms with E-state index in [1.54, 1.807) is 24.3 Å². The van der Waals surface area contributed by atoms with E-state index in [1.807, 2.05) is 0 Å². The van der Waals surface area contributed by atoms with Crippen LogP contribution >= 0.6 is 0 Å². The number of hydrogen-bond donors (Lipinski definition) is 1. The molecule has 1 aliphatic rings. The number of methoxy groups -OCH3 is 1. The third kappa shape index (κ3) is 4.28. The molecule has 6 nitrogen and oxygen atoms in total. The van der Waals surface area contributed by atoms with Gasteiger partial charge in [0.1, 0.15) is 5.75 Å². The van der Waals surface area contributed by atoms with Crippen LogP contribution in [0.1, 0.15) is 17.2 Å². The maximum absolute atomic E-state index is 12.7. The molecule has 2 atom stereocenters. The van der Waals surface area contributed by atoms with Crippen molar-refractivity contribution in [3.8, 4) is 5.75 Å². The number of ether oxygens (including phenoxy) is 2. The lowest BCUT2D eigenvalue weighted by Gasteiger charge is -2.20. The highest BCUT2D eigenvalue weighted by Gasteiger charge is 2.40. The van der Waals surface area contributed by atoms with Gasteiger partial charge in [0, 0.05) is 0 Å². The molecule has 1 aliphatic carbocycles. The minimum Gasteiger partial charge on any atom is -0.469 e. The molecule has 2 unspecified atom stereocenters. The van der Waals surface area contributed by atoms with E-state index in [9.17, 15) is 26.4 Å². The number of carbonyl (C=O) groups excluding carboxylic acids is 1. The largest absolute Gasteiger partial charge is 0.573 e. The first-order valence-corrected chi connectivity index (χ1v) is 9.63. The van der Waals surface area contributed by atoms with Crippen LogP contribution in [0.25, 0.3) is 0 Å². The number of esters is 1. The molecule has 150 valence electrons. The maximum Gasteiger partial charge on any atom is 0.573 e. The number of rotatable bonds is 5. The van der Waals surface area contributed by atoms with Crippen LogP contribution in [-0.4, -0.2) is 27.9 Å². The minimum atomic E-state index is -4.88. The molecule has 2 aromatic rings. The Balaban J connectivity index is 1.87. The number of nitrogens with one attached hydrogen (secondary N) is 1. The van der Waals surface area contributed by atoms with Crippen LogP contribution in [0.5, 0.6) is 5.75 Å². The van der Waals surface area contributed by atoms with E-state index in [0.29, 0.717) is 12.0 Å². The summed E-state index contributed by atoms with van der Waals surface area (Å²) >= 11 is 0. The maximum atomic E-state index is 12.7. The van der Waals surface area contributed by atoms with Crippen LogP contribution in [0.2, 0.25) is 0 Å². The van der Waals surface area contributed by atoms with Crippen LogP contribution in [0.4, 0.5) is 13.2 Å². The Labute approximate surface area is 159 Å². The molecular formula is C18H16F3NO5S. The summed E-state index contributed by atoms with van der Waals surface area (Å²) in [7, 11) is -2.90. The van der Waals surface area contributed by atoms with Gasteiger partial charge in [0.2, 0.25) is 10.0 Å². The molecule has 0 aliphatic heterocycles. The zero-order valence-electron chi connectivity index (χ0n) is 14.6. The predicted molar refractivity (Wildman–Crippen MR) is 91.8 cm³/mol. The SMILES string of the molecule is COC(=O)C1Cc2ccccc2C1NS(=O)(=O)c1ccc(OC(F)(F)F)cc1. The number of sulfonamides is 1. The lowest BCUT2D eigenvalue weighted by molar-refractivity contribution is -0.274. The van der Waals surface area contributed by atoms with E-state index in [2.05, 4.69) is 9.46 Å². The molecule has 0 radical (unpaired) electrons. The Hall–Kier alpha value is -2.59. The topological polar surface area (TPSA) is 81.7 Å². The first kappa shape index (κ1) is 20.2. The fourth-order valence-electron chi connectivity index (χ4n) is 3.17. The zero-order valence-corrected chi connectivity index (χ0v) is 15.4. The van der Waals surface area contributed by atoms with Gasteiger partial charge in [0.05, 0.1) is 24.0 Å². The summed E-state index contributed by atoms with van der Waals surface area (Å²) < 4.78 is 73.2. The summed E-state index contributed by atoms with van der Waals surface area (Å²) in [6.07, 6.45) is -4.56. The summed E-state index contributed by atoms with van der Waals surface area (Å²) in [5.41, 5.74) is 1.47. The molecule has 0 bridgehead atoms. The molecule has 28 heavy (non-hydrogen) atoms. The van der Waals surface area contributed by atoms with Crippen LogP contribution in [0.3, 0.4) is 0 Å². The van der Waals surface area contributed by atoms with E-state index < -0.39 is 40.1 Å². The van der Waals surface area contributed by atoms with E-state index in [0.717, 1.165) is 29.8 Å². The fourth-order valence-corrected chi connectivity index (χ4v) is 4.42. The number of alkyl halides is 3. The summed E-state index contributed by atoms with van der Waals surface area (Å²) in [6, 6.07) is 9.97. The monoisotopic (exact) mass is 415 g/mol. The number of fused-ring (bicyclic) bond motifs is 1. The zero-order chi connectivity index (χ0) is 20.5. The number of halogens is 3. The molecule has 0 amide bonds. The van der Waals surface area contributed by atoms with Gasteiger partial charge < -0.3 is 9.47 Å². The molecule has 0 heterocycles. The fraction of sp³-hybridized carbons (Fsp3) is 0.278. The Bertz CT molecular complexity index is 973. The van der Waals surface area contributed by atoms with Crippen molar-refractivity contribution in [2.24, 2.45) is 5.92 Å². The highest BCUT2D eigenvalue weighted by atomic mass is 32.2. The van der Waals surface area contributed by atoms with Crippen LogP contribution in [-0.2, 0) is 26.0 Å². The van der Waals surface area contributed by atoms with Gasteiger partial charge in [-0.3, -0.25) is 4.79 Å². The third-order valence-corrected chi connectivity index (χ3v) is 5.84. The van der Waals surface area contributed by atoms with Gasteiger partial charge in [-0.25, -0.2) is 13.1 Å². The molecule has 0 saturated carbocycles. The predicted octanol–water partition coefficient (Wildman–Crippen LogP) is 2.95. The van der Waals surface area contributed by atoms with Crippen LogP contribution in [0, 0.1) is 5.92 Å². The summed E-state index contributed by atoms with van der Waals surface area (Å²) in [5.74, 6) is -1.84. The van der Waals surface area contributed by atoms with Gasteiger partial charge in [-0.05, 0) is 41.8 Å². The Morgan fingerprint density at radius 2 is 1.75 bits per heavy atom.